The summed E-state index contributed by atoms with van der Waals surface area (Å²) in [4.78, 5) is 35.3. The summed E-state index contributed by atoms with van der Waals surface area (Å²) in [5, 5.41) is 0. The highest BCUT2D eigenvalue weighted by Gasteiger charge is 2.27. The van der Waals surface area contributed by atoms with Gasteiger partial charge in [-0.25, -0.2) is 4.57 Å². The lowest BCUT2D eigenvalue weighted by Crippen LogP contribution is -2.37. The molecule has 1 N–H and O–H groups in total. The van der Waals surface area contributed by atoms with Crippen LogP contribution >= 0.6 is 7.82 Å². The van der Waals surface area contributed by atoms with E-state index >= 15 is 0 Å². The molecule has 0 fully saturated rings. The van der Waals surface area contributed by atoms with E-state index in [1.165, 1.54) is 32.1 Å². The van der Waals surface area contributed by atoms with Gasteiger partial charge in [0.2, 0.25) is 0 Å². The van der Waals surface area contributed by atoms with Crippen LogP contribution in [0, 0.1) is 0 Å². The van der Waals surface area contributed by atoms with Gasteiger partial charge in [0.15, 0.2) is 6.10 Å². The fourth-order valence-electron chi connectivity index (χ4n) is 5.33. The van der Waals surface area contributed by atoms with Gasteiger partial charge in [-0.2, -0.15) is 0 Å². The highest BCUT2D eigenvalue weighted by molar-refractivity contribution is 7.47. The lowest BCUT2D eigenvalue weighted by atomic mass is 10.1. The minimum absolute atomic E-state index is 0.0210. The minimum atomic E-state index is -4.39. The molecule has 0 amide bonds. The van der Waals surface area contributed by atoms with E-state index < -0.39 is 32.5 Å². The largest absolute Gasteiger partial charge is 0.472 e. The number of ether oxygens (including phenoxy) is 2. The first-order valence-electron chi connectivity index (χ1n) is 21.7. The molecule has 0 radical (unpaired) electrons. The number of hydrogen-bond acceptors (Lipinski definition) is 7. The van der Waals surface area contributed by atoms with Crippen LogP contribution in [0.4, 0.5) is 0 Å². The van der Waals surface area contributed by atoms with Gasteiger partial charge >= 0.3 is 19.8 Å². The quantitative estimate of drug-likeness (QED) is 0.0216. The summed E-state index contributed by atoms with van der Waals surface area (Å²) in [5.74, 6) is -0.854. The number of allylic oxidation sites excluding steroid dienone is 12. The van der Waals surface area contributed by atoms with Crippen molar-refractivity contribution in [3.63, 3.8) is 0 Å². The molecule has 0 aromatic heterocycles. The van der Waals surface area contributed by atoms with Crippen LogP contribution in [0.1, 0.15) is 155 Å². The molecule has 2 atom stereocenters. The lowest BCUT2D eigenvalue weighted by Gasteiger charge is -2.24. The van der Waals surface area contributed by atoms with Crippen molar-refractivity contribution in [1.29, 1.82) is 0 Å². The highest BCUT2D eigenvalue weighted by atomic mass is 31.2. The molecule has 0 saturated heterocycles. The van der Waals surface area contributed by atoms with Crippen molar-refractivity contribution in [3.8, 4) is 0 Å². The van der Waals surface area contributed by atoms with E-state index in [0.717, 1.165) is 83.5 Å². The number of unbranched alkanes of at least 4 members (excludes halogenated alkanes) is 12. The smallest absolute Gasteiger partial charge is 0.462 e. The molecule has 322 valence electrons. The van der Waals surface area contributed by atoms with Gasteiger partial charge in [-0.05, 0) is 83.5 Å². The zero-order chi connectivity index (χ0) is 41.4. The van der Waals surface area contributed by atoms with Crippen molar-refractivity contribution in [3.05, 3.63) is 72.9 Å². The summed E-state index contributed by atoms with van der Waals surface area (Å²) >= 11 is 0. The number of phosphoric ester groups is 1. The second-order valence-electron chi connectivity index (χ2n) is 15.3. The number of nitrogens with zero attached hydrogens (tertiary/aromatic N) is 1. The Bertz CT molecular complexity index is 1180. The fraction of sp³-hybridized carbons (Fsp3) is 0.696. The van der Waals surface area contributed by atoms with Crippen molar-refractivity contribution >= 4 is 19.8 Å². The molecular formula is C46H81NO8P+. The molecule has 0 aliphatic rings. The summed E-state index contributed by atoms with van der Waals surface area (Å²) in [5.41, 5.74) is 0. The summed E-state index contributed by atoms with van der Waals surface area (Å²) in [6.45, 7) is 4.22. The molecule has 0 rings (SSSR count). The zero-order valence-corrected chi connectivity index (χ0v) is 37.0. The zero-order valence-electron chi connectivity index (χ0n) is 36.1. The third kappa shape index (κ3) is 41.1. The normalized spacial score (nSPS) is 14.3. The molecule has 56 heavy (non-hydrogen) atoms. The van der Waals surface area contributed by atoms with E-state index in [-0.39, 0.29) is 26.1 Å². The molecule has 9 nitrogen and oxygen atoms in total. The first-order valence-corrected chi connectivity index (χ1v) is 23.2. The molecule has 1 unspecified atom stereocenters. The minimum Gasteiger partial charge on any atom is -0.462 e. The van der Waals surface area contributed by atoms with Crippen molar-refractivity contribution < 1.29 is 42.1 Å². The van der Waals surface area contributed by atoms with Crippen LogP contribution in [0.2, 0.25) is 0 Å². The second kappa shape index (κ2) is 38.0. The molecule has 0 aromatic carbocycles. The van der Waals surface area contributed by atoms with Crippen molar-refractivity contribution in [2.24, 2.45) is 0 Å². The summed E-state index contributed by atoms with van der Waals surface area (Å²) in [7, 11) is 1.44. The van der Waals surface area contributed by atoms with Crippen LogP contribution in [0.15, 0.2) is 72.9 Å². The summed E-state index contributed by atoms with van der Waals surface area (Å²) < 4.78 is 34.2. The van der Waals surface area contributed by atoms with Gasteiger partial charge in [0.25, 0.3) is 0 Å². The number of esters is 2. The van der Waals surface area contributed by atoms with Gasteiger partial charge in [-0.15, -0.1) is 0 Å². The predicted molar refractivity (Wildman–Crippen MR) is 233 cm³/mol. The Morgan fingerprint density at radius 2 is 1.02 bits per heavy atom. The Morgan fingerprint density at radius 3 is 1.55 bits per heavy atom. The molecule has 0 spiro atoms. The fourth-order valence-corrected chi connectivity index (χ4v) is 6.07. The van der Waals surface area contributed by atoms with Crippen molar-refractivity contribution in [1.82, 2.24) is 0 Å². The van der Waals surface area contributed by atoms with Gasteiger partial charge < -0.3 is 18.9 Å². The van der Waals surface area contributed by atoms with Crippen LogP contribution in [-0.4, -0.2) is 74.9 Å². The maximum absolute atomic E-state index is 12.7. The average molecular weight is 807 g/mol. The number of hydrogen-bond donors (Lipinski definition) is 1. The van der Waals surface area contributed by atoms with E-state index in [4.69, 9.17) is 18.5 Å². The number of carbonyl (C=O) groups is 2. The van der Waals surface area contributed by atoms with Crippen LogP contribution in [-0.2, 0) is 32.7 Å². The Labute approximate surface area is 342 Å². The Hall–Kier alpha value is -2.55. The van der Waals surface area contributed by atoms with Gasteiger partial charge in [0.1, 0.15) is 19.8 Å². The van der Waals surface area contributed by atoms with Crippen LogP contribution in [0.25, 0.3) is 0 Å². The van der Waals surface area contributed by atoms with E-state index in [0.29, 0.717) is 23.9 Å². The van der Waals surface area contributed by atoms with Crippen molar-refractivity contribution in [2.75, 3.05) is 47.5 Å². The van der Waals surface area contributed by atoms with Gasteiger partial charge in [0.05, 0.1) is 27.7 Å². The van der Waals surface area contributed by atoms with E-state index in [1.807, 2.05) is 21.1 Å². The monoisotopic (exact) mass is 807 g/mol. The highest BCUT2D eigenvalue weighted by Crippen LogP contribution is 2.43. The standard InChI is InChI=1S/C46H80NO8P/c1-6-8-10-12-14-16-18-20-21-22-23-24-25-27-28-30-32-34-36-38-45(48)52-42-44(43-54-56(50,51)53-41-40-47(3,4)5)55-46(49)39-37-35-33-31-29-26-19-17-15-13-11-9-7-2/h8,10,14,16-17,19-21,23-24,27-28,44H,6-7,9,11-13,15,18,22,25-26,29-43H2,1-5H3/p+1/b10-8-,16-14-,19-17-,21-20-,24-23-,28-27-/t44-/m1/s1. The molecule has 0 aromatic rings. The van der Waals surface area contributed by atoms with Crippen molar-refractivity contribution in [2.45, 2.75) is 161 Å². The maximum Gasteiger partial charge on any atom is 0.472 e. The SMILES string of the molecule is CC/C=C\C/C=C\C/C=C\C/C=C\C/C=C\CCCCCC(=O)OC[C@H](COP(=O)(O)OCC[N+](C)(C)C)OC(=O)CCCCCCC/C=C\CCCCCC. The van der Waals surface area contributed by atoms with Gasteiger partial charge in [0, 0.05) is 12.8 Å². The predicted octanol–water partition coefficient (Wildman–Crippen LogP) is 12.2. The topological polar surface area (TPSA) is 108 Å². The Morgan fingerprint density at radius 1 is 0.571 bits per heavy atom. The first kappa shape index (κ1) is 53.5. The third-order valence-electron chi connectivity index (χ3n) is 8.72. The molecular weight excluding hydrogens is 725 g/mol. The summed E-state index contributed by atoms with van der Waals surface area (Å²) in [6, 6.07) is 0. The third-order valence-corrected chi connectivity index (χ3v) is 9.70. The molecule has 0 aliphatic carbocycles. The van der Waals surface area contributed by atoms with Gasteiger partial charge in [-0.1, -0.05) is 132 Å². The number of carbonyl (C=O) groups excluding carboxylic acids is 2. The Kier molecular flexibility index (Phi) is 36.3. The average Bonchev–Trinajstić information content (AvgIpc) is 3.15. The van der Waals surface area contributed by atoms with Gasteiger partial charge in [-0.3, -0.25) is 18.6 Å². The first-order chi connectivity index (χ1) is 27.0. The molecule has 0 aliphatic heterocycles. The number of rotatable bonds is 38. The lowest BCUT2D eigenvalue weighted by molar-refractivity contribution is -0.870. The van der Waals surface area contributed by atoms with E-state index in [9.17, 15) is 19.0 Å². The van der Waals surface area contributed by atoms with Crippen LogP contribution in [0.5, 0.6) is 0 Å². The molecule has 0 bridgehead atoms. The maximum atomic E-state index is 12.7. The Balaban J connectivity index is 4.44. The second-order valence-corrected chi connectivity index (χ2v) is 16.8. The van der Waals surface area contributed by atoms with Crippen LogP contribution < -0.4 is 0 Å². The molecule has 0 heterocycles. The van der Waals surface area contributed by atoms with Crippen LogP contribution in [0.3, 0.4) is 0 Å². The molecule has 10 heteroatoms. The number of quaternary nitrogens is 1. The molecule has 0 saturated carbocycles. The number of likely N-dealkylation sites (N-methyl/N-ethyl adjacent to an activating group) is 1. The number of phosphoric acid groups is 1. The summed E-state index contributed by atoms with van der Waals surface area (Å²) in [6.07, 6.45) is 46.6. The van der Waals surface area contributed by atoms with E-state index in [1.54, 1.807) is 0 Å². The van der Waals surface area contributed by atoms with E-state index in [2.05, 4.69) is 86.8 Å².